The van der Waals surface area contributed by atoms with Crippen LogP contribution in [0.5, 0.6) is 0 Å². The van der Waals surface area contributed by atoms with Crippen molar-refractivity contribution in [2.75, 3.05) is 13.2 Å². The molecular formula is C8H17NO5. The third-order valence-electron chi connectivity index (χ3n) is 2.48. The zero-order valence-corrected chi connectivity index (χ0v) is 7.74. The van der Waals surface area contributed by atoms with Gasteiger partial charge in [-0.15, -0.1) is 0 Å². The van der Waals surface area contributed by atoms with Crippen LogP contribution in [0.1, 0.15) is 6.42 Å². The number of β-amino-alcohol motifs (C(OH)–C–C–N with tert-alkyl or cyclic N) is 1. The van der Waals surface area contributed by atoms with Gasteiger partial charge < -0.3 is 30.8 Å². The molecule has 84 valence electrons. The van der Waals surface area contributed by atoms with Gasteiger partial charge in [-0.05, 0) is 6.42 Å². The Morgan fingerprint density at radius 3 is 2.43 bits per heavy atom. The lowest BCUT2D eigenvalue weighted by atomic mass is 9.92. The van der Waals surface area contributed by atoms with E-state index in [2.05, 4.69) is 5.32 Å². The third-order valence-corrected chi connectivity index (χ3v) is 2.48. The topological polar surface area (TPSA) is 113 Å². The highest BCUT2D eigenvalue weighted by Gasteiger charge is 2.36. The highest BCUT2D eigenvalue weighted by atomic mass is 16.4. The minimum atomic E-state index is -1.20. The average Bonchev–Trinajstić information content (AvgIpc) is 2.19. The molecule has 1 aliphatic heterocycles. The lowest BCUT2D eigenvalue weighted by molar-refractivity contribution is -0.101. The Hall–Kier alpha value is -0.240. The molecule has 5 atom stereocenters. The number of hydrogen-bond donors (Lipinski definition) is 6. The Balaban J connectivity index is 2.46. The molecule has 1 rings (SSSR count). The van der Waals surface area contributed by atoms with E-state index in [4.69, 9.17) is 10.2 Å². The summed E-state index contributed by atoms with van der Waals surface area (Å²) in [5.74, 6) is 0. The average molecular weight is 207 g/mol. The van der Waals surface area contributed by atoms with Gasteiger partial charge in [0.2, 0.25) is 0 Å². The zero-order valence-electron chi connectivity index (χ0n) is 7.74. The van der Waals surface area contributed by atoms with Crippen LogP contribution in [0.15, 0.2) is 0 Å². The van der Waals surface area contributed by atoms with E-state index in [1.165, 1.54) is 0 Å². The highest BCUT2D eigenvalue weighted by Crippen LogP contribution is 2.14. The number of rotatable bonds is 3. The van der Waals surface area contributed by atoms with E-state index in [9.17, 15) is 15.3 Å². The summed E-state index contributed by atoms with van der Waals surface area (Å²) in [6, 6.07) is -0.504. The maximum absolute atomic E-state index is 9.49. The molecular weight excluding hydrogens is 190 g/mol. The standard InChI is InChI=1S/C8H17NO5/c10-3-4(11)1-5-7(13)8(14)6(12)2-9-5/h4-14H,1-3H2/t4?,5-,6+,7+,8+/m1/s1. The number of aliphatic hydroxyl groups excluding tert-OH is 5. The molecule has 0 aromatic rings. The van der Waals surface area contributed by atoms with Crippen molar-refractivity contribution < 1.29 is 25.5 Å². The van der Waals surface area contributed by atoms with Crippen molar-refractivity contribution in [2.45, 2.75) is 36.9 Å². The van der Waals surface area contributed by atoms with Gasteiger partial charge in [-0.25, -0.2) is 0 Å². The SMILES string of the molecule is OCC(O)C[C@H]1NC[C@H](O)[C@H](O)[C@H]1O. The maximum Gasteiger partial charge on any atom is 0.108 e. The van der Waals surface area contributed by atoms with E-state index in [-0.39, 0.29) is 19.6 Å². The predicted octanol–water partition coefficient (Wildman–Crippen LogP) is -3.22. The first-order valence-corrected chi connectivity index (χ1v) is 4.62. The van der Waals surface area contributed by atoms with Crippen molar-refractivity contribution in [1.29, 1.82) is 0 Å². The van der Waals surface area contributed by atoms with E-state index < -0.39 is 30.5 Å². The molecule has 1 saturated heterocycles. The molecule has 0 aromatic carbocycles. The first-order valence-electron chi connectivity index (χ1n) is 4.62. The minimum Gasteiger partial charge on any atom is -0.394 e. The van der Waals surface area contributed by atoms with E-state index in [1.807, 2.05) is 0 Å². The summed E-state index contributed by atoms with van der Waals surface area (Å²) in [5.41, 5.74) is 0. The minimum absolute atomic E-state index is 0.140. The molecule has 6 N–H and O–H groups in total. The fourth-order valence-electron chi connectivity index (χ4n) is 1.57. The summed E-state index contributed by atoms with van der Waals surface area (Å²) >= 11 is 0. The second kappa shape index (κ2) is 5.01. The van der Waals surface area contributed by atoms with Crippen LogP contribution in [-0.2, 0) is 0 Å². The number of piperidine rings is 1. The van der Waals surface area contributed by atoms with Crippen molar-refractivity contribution in [3.8, 4) is 0 Å². The quantitative estimate of drug-likeness (QED) is 0.290. The van der Waals surface area contributed by atoms with Gasteiger partial charge in [-0.2, -0.15) is 0 Å². The Kier molecular flexibility index (Phi) is 4.24. The molecule has 6 nitrogen and oxygen atoms in total. The summed E-state index contributed by atoms with van der Waals surface area (Å²) in [6.07, 6.45) is -4.11. The van der Waals surface area contributed by atoms with Gasteiger partial charge in [0.15, 0.2) is 0 Å². The van der Waals surface area contributed by atoms with Crippen molar-refractivity contribution >= 4 is 0 Å². The summed E-state index contributed by atoms with van der Waals surface area (Å²) < 4.78 is 0. The van der Waals surface area contributed by atoms with Crippen LogP contribution in [0.2, 0.25) is 0 Å². The molecule has 0 spiro atoms. The van der Waals surface area contributed by atoms with Gasteiger partial charge in [-0.1, -0.05) is 0 Å². The van der Waals surface area contributed by atoms with Crippen LogP contribution >= 0.6 is 0 Å². The predicted molar refractivity (Wildman–Crippen MR) is 47.5 cm³/mol. The lowest BCUT2D eigenvalue weighted by Gasteiger charge is -2.36. The Labute approximate surface area is 81.8 Å². The Bertz CT molecular complexity index is 179. The van der Waals surface area contributed by atoms with Crippen molar-refractivity contribution in [3.05, 3.63) is 0 Å². The summed E-state index contributed by atoms with van der Waals surface area (Å²) in [6.45, 7) is -0.218. The second-order valence-electron chi connectivity index (χ2n) is 3.64. The van der Waals surface area contributed by atoms with Crippen molar-refractivity contribution in [2.24, 2.45) is 0 Å². The molecule has 1 heterocycles. The second-order valence-corrected chi connectivity index (χ2v) is 3.64. The molecule has 0 bridgehead atoms. The van der Waals surface area contributed by atoms with Gasteiger partial charge in [0, 0.05) is 12.6 Å². The zero-order chi connectivity index (χ0) is 10.7. The van der Waals surface area contributed by atoms with Gasteiger partial charge in [-0.3, -0.25) is 0 Å². The molecule has 1 fully saturated rings. The normalized spacial score (nSPS) is 40.9. The first-order chi connectivity index (χ1) is 6.56. The summed E-state index contributed by atoms with van der Waals surface area (Å²) in [4.78, 5) is 0. The van der Waals surface area contributed by atoms with Crippen molar-refractivity contribution in [3.63, 3.8) is 0 Å². The van der Waals surface area contributed by atoms with Crippen LogP contribution in [0, 0.1) is 0 Å². The first kappa shape index (κ1) is 11.8. The Morgan fingerprint density at radius 1 is 1.21 bits per heavy atom. The summed E-state index contributed by atoms with van der Waals surface area (Å²) in [7, 11) is 0. The van der Waals surface area contributed by atoms with Gasteiger partial charge >= 0.3 is 0 Å². The molecule has 0 aromatic heterocycles. The summed E-state index contributed by atoms with van der Waals surface area (Å²) in [5, 5.41) is 48.5. The van der Waals surface area contributed by atoms with E-state index in [0.29, 0.717) is 0 Å². The Morgan fingerprint density at radius 2 is 1.86 bits per heavy atom. The largest absolute Gasteiger partial charge is 0.394 e. The lowest BCUT2D eigenvalue weighted by Crippen LogP contribution is -2.60. The fraction of sp³-hybridized carbons (Fsp3) is 1.00. The number of nitrogens with one attached hydrogen (secondary N) is 1. The fourth-order valence-corrected chi connectivity index (χ4v) is 1.57. The van der Waals surface area contributed by atoms with E-state index in [0.717, 1.165) is 0 Å². The molecule has 0 saturated carbocycles. The number of aliphatic hydroxyl groups is 5. The van der Waals surface area contributed by atoms with Crippen LogP contribution in [0.3, 0.4) is 0 Å². The van der Waals surface area contributed by atoms with Crippen LogP contribution < -0.4 is 5.32 Å². The smallest absolute Gasteiger partial charge is 0.108 e. The molecule has 1 unspecified atom stereocenters. The molecule has 1 aliphatic rings. The number of hydrogen-bond acceptors (Lipinski definition) is 6. The molecule has 0 radical (unpaired) electrons. The van der Waals surface area contributed by atoms with Gasteiger partial charge in [0.05, 0.1) is 24.9 Å². The van der Waals surface area contributed by atoms with Gasteiger partial charge in [0.25, 0.3) is 0 Å². The highest BCUT2D eigenvalue weighted by molar-refractivity contribution is 4.92. The molecule has 0 aliphatic carbocycles. The van der Waals surface area contributed by atoms with Crippen LogP contribution in [-0.4, -0.2) is 69.1 Å². The molecule has 14 heavy (non-hydrogen) atoms. The third kappa shape index (κ3) is 2.63. The van der Waals surface area contributed by atoms with E-state index >= 15 is 0 Å². The van der Waals surface area contributed by atoms with E-state index in [1.54, 1.807) is 0 Å². The maximum atomic E-state index is 9.49. The van der Waals surface area contributed by atoms with Crippen LogP contribution in [0.4, 0.5) is 0 Å². The van der Waals surface area contributed by atoms with Gasteiger partial charge in [0.1, 0.15) is 6.10 Å². The monoisotopic (exact) mass is 207 g/mol. The van der Waals surface area contributed by atoms with Crippen molar-refractivity contribution in [1.82, 2.24) is 5.32 Å². The van der Waals surface area contributed by atoms with Crippen LogP contribution in [0.25, 0.3) is 0 Å². The molecule has 6 heteroatoms. The molecule has 0 amide bonds.